The third kappa shape index (κ3) is 1.83. The molecule has 0 aromatic heterocycles. The van der Waals surface area contributed by atoms with Gasteiger partial charge in [0.1, 0.15) is 0 Å². The molecule has 1 aromatic rings. The molecule has 1 aliphatic rings. The van der Waals surface area contributed by atoms with E-state index in [0.717, 1.165) is 17.7 Å². The van der Waals surface area contributed by atoms with Crippen LogP contribution in [0.1, 0.15) is 12.5 Å². The van der Waals surface area contributed by atoms with Crippen LogP contribution in [0.15, 0.2) is 28.5 Å². The Hall–Kier alpha value is -1.33. The minimum Gasteiger partial charge on any atom is -0.399 e. The van der Waals surface area contributed by atoms with Crippen molar-refractivity contribution >= 4 is 21.1 Å². The zero-order valence-electron chi connectivity index (χ0n) is 9.03. The van der Waals surface area contributed by atoms with Crippen molar-refractivity contribution in [3.8, 4) is 0 Å². The molecule has 3 N–H and O–H groups in total. The lowest BCUT2D eigenvalue weighted by Crippen LogP contribution is -2.14. The number of likely N-dealkylation sites (N-methyl/N-ethyl adjacent to an activating group) is 1. The average molecular weight is 238 g/mol. The van der Waals surface area contributed by atoms with Gasteiger partial charge in [0.15, 0.2) is 0 Å². The fourth-order valence-electron chi connectivity index (χ4n) is 1.75. The topological polar surface area (TPSA) is 72.2 Å². The van der Waals surface area contributed by atoms with Crippen molar-refractivity contribution < 1.29 is 8.42 Å². The van der Waals surface area contributed by atoms with Crippen molar-refractivity contribution in [1.29, 1.82) is 0 Å². The predicted molar refractivity (Wildman–Crippen MR) is 64.6 cm³/mol. The van der Waals surface area contributed by atoms with Gasteiger partial charge in [-0.1, -0.05) is 13.0 Å². The van der Waals surface area contributed by atoms with Crippen molar-refractivity contribution in [1.82, 2.24) is 5.32 Å². The van der Waals surface area contributed by atoms with Crippen LogP contribution in [0.5, 0.6) is 0 Å². The molecule has 5 heteroatoms. The second kappa shape index (κ2) is 3.92. The Labute approximate surface area is 95.1 Å². The van der Waals surface area contributed by atoms with Crippen LogP contribution in [-0.4, -0.2) is 21.5 Å². The SMILES string of the molecule is CCNCC1=CS(=O)(=O)c2cc(N)ccc21. The highest BCUT2D eigenvalue weighted by atomic mass is 32.2. The third-order valence-electron chi connectivity index (χ3n) is 2.52. The van der Waals surface area contributed by atoms with Crippen LogP contribution in [0, 0.1) is 0 Å². The van der Waals surface area contributed by atoms with Gasteiger partial charge in [0.25, 0.3) is 0 Å². The molecule has 0 spiro atoms. The number of nitrogens with two attached hydrogens (primary N) is 1. The first-order valence-electron chi connectivity index (χ1n) is 5.11. The van der Waals surface area contributed by atoms with E-state index in [-0.39, 0.29) is 0 Å². The molecule has 0 amide bonds. The Balaban J connectivity index is 2.48. The summed E-state index contributed by atoms with van der Waals surface area (Å²) in [4.78, 5) is 0.320. The Bertz CT molecular complexity index is 547. The van der Waals surface area contributed by atoms with Gasteiger partial charge in [0.05, 0.1) is 4.90 Å². The minimum atomic E-state index is -3.29. The van der Waals surface area contributed by atoms with E-state index < -0.39 is 9.84 Å². The summed E-state index contributed by atoms with van der Waals surface area (Å²) >= 11 is 0. The summed E-state index contributed by atoms with van der Waals surface area (Å²) in [6, 6.07) is 5.00. The van der Waals surface area contributed by atoms with E-state index in [1.807, 2.05) is 6.92 Å². The monoisotopic (exact) mass is 238 g/mol. The number of anilines is 1. The number of sulfone groups is 1. The van der Waals surface area contributed by atoms with Crippen molar-refractivity contribution in [2.24, 2.45) is 0 Å². The molecule has 86 valence electrons. The quantitative estimate of drug-likeness (QED) is 0.771. The molecular formula is C11H14N2O2S. The van der Waals surface area contributed by atoms with E-state index in [0.29, 0.717) is 17.1 Å². The summed E-state index contributed by atoms with van der Waals surface area (Å²) in [5, 5.41) is 4.44. The van der Waals surface area contributed by atoms with Crippen molar-refractivity contribution in [3.05, 3.63) is 29.2 Å². The molecule has 4 nitrogen and oxygen atoms in total. The summed E-state index contributed by atoms with van der Waals surface area (Å²) < 4.78 is 23.6. The van der Waals surface area contributed by atoms with E-state index in [9.17, 15) is 8.42 Å². The highest BCUT2D eigenvalue weighted by molar-refractivity contribution is 7.95. The van der Waals surface area contributed by atoms with Gasteiger partial charge in [-0.15, -0.1) is 0 Å². The van der Waals surface area contributed by atoms with E-state index in [1.165, 1.54) is 11.5 Å². The maximum absolute atomic E-state index is 11.8. The summed E-state index contributed by atoms with van der Waals surface area (Å²) in [5.74, 6) is 0. The molecule has 0 saturated heterocycles. The fourth-order valence-corrected chi connectivity index (χ4v) is 3.27. The van der Waals surface area contributed by atoms with Crippen LogP contribution >= 0.6 is 0 Å². The van der Waals surface area contributed by atoms with Crippen LogP contribution in [0.2, 0.25) is 0 Å². The molecule has 16 heavy (non-hydrogen) atoms. The number of nitrogen functional groups attached to an aromatic ring is 1. The molecule has 0 aliphatic carbocycles. The van der Waals surface area contributed by atoms with Crippen LogP contribution < -0.4 is 11.1 Å². The second-order valence-corrected chi connectivity index (χ2v) is 5.49. The number of nitrogens with one attached hydrogen (secondary N) is 1. The normalized spacial score (nSPS) is 16.9. The summed E-state index contributed by atoms with van der Waals surface area (Å²) in [7, 11) is -3.29. The van der Waals surface area contributed by atoms with Crippen LogP contribution in [0.25, 0.3) is 5.57 Å². The van der Waals surface area contributed by atoms with Gasteiger partial charge in [-0.2, -0.15) is 0 Å². The van der Waals surface area contributed by atoms with Crippen molar-refractivity contribution in [3.63, 3.8) is 0 Å². The molecule has 0 unspecified atom stereocenters. The maximum Gasteiger partial charge on any atom is 0.200 e. The first kappa shape index (κ1) is 11.2. The Morgan fingerprint density at radius 3 is 2.81 bits per heavy atom. The molecule has 0 saturated carbocycles. The largest absolute Gasteiger partial charge is 0.399 e. The highest BCUT2D eigenvalue weighted by Crippen LogP contribution is 2.34. The van der Waals surface area contributed by atoms with E-state index in [1.54, 1.807) is 12.1 Å². The van der Waals surface area contributed by atoms with Gasteiger partial charge in [0, 0.05) is 17.6 Å². The van der Waals surface area contributed by atoms with Gasteiger partial charge in [-0.25, -0.2) is 8.42 Å². The number of rotatable bonds is 3. The summed E-state index contributed by atoms with van der Waals surface area (Å²) in [6.07, 6.45) is 0. The highest BCUT2D eigenvalue weighted by Gasteiger charge is 2.26. The first-order chi connectivity index (χ1) is 7.54. The van der Waals surface area contributed by atoms with Gasteiger partial charge in [0.2, 0.25) is 9.84 Å². The molecule has 0 fully saturated rings. The molecule has 1 aliphatic heterocycles. The zero-order chi connectivity index (χ0) is 11.8. The Morgan fingerprint density at radius 1 is 1.38 bits per heavy atom. The van der Waals surface area contributed by atoms with Gasteiger partial charge in [-0.05, 0) is 29.8 Å². The third-order valence-corrected chi connectivity index (χ3v) is 4.07. The predicted octanol–water partition coefficient (Wildman–Crippen LogP) is 1.01. The molecule has 0 bridgehead atoms. The lowest BCUT2D eigenvalue weighted by molar-refractivity contribution is 0.605. The smallest absolute Gasteiger partial charge is 0.200 e. The van der Waals surface area contributed by atoms with Gasteiger partial charge < -0.3 is 11.1 Å². The average Bonchev–Trinajstić information content (AvgIpc) is 2.48. The van der Waals surface area contributed by atoms with Crippen LogP contribution in [-0.2, 0) is 9.84 Å². The molecule has 1 aromatic carbocycles. The maximum atomic E-state index is 11.8. The minimum absolute atomic E-state index is 0.320. The molecule has 1 heterocycles. The Kier molecular flexibility index (Phi) is 2.73. The van der Waals surface area contributed by atoms with Crippen LogP contribution in [0.3, 0.4) is 0 Å². The van der Waals surface area contributed by atoms with Crippen molar-refractivity contribution in [2.45, 2.75) is 11.8 Å². The second-order valence-electron chi connectivity index (χ2n) is 3.72. The van der Waals surface area contributed by atoms with E-state index in [2.05, 4.69) is 5.32 Å². The lowest BCUT2D eigenvalue weighted by Gasteiger charge is -2.05. The Morgan fingerprint density at radius 2 is 2.12 bits per heavy atom. The first-order valence-corrected chi connectivity index (χ1v) is 6.65. The molecule has 0 radical (unpaired) electrons. The van der Waals surface area contributed by atoms with Crippen molar-refractivity contribution in [2.75, 3.05) is 18.8 Å². The molecule has 2 rings (SSSR count). The standard InChI is InChI=1S/C11H14N2O2S/c1-2-13-6-8-7-16(14,15)11-5-9(12)3-4-10(8)11/h3-5,7,13H,2,6,12H2,1H3. The fraction of sp³-hybridized carbons (Fsp3) is 0.273. The molecule has 0 atom stereocenters. The number of hydrogen-bond acceptors (Lipinski definition) is 4. The van der Waals surface area contributed by atoms with Crippen LogP contribution in [0.4, 0.5) is 5.69 Å². The summed E-state index contributed by atoms with van der Waals surface area (Å²) in [5.41, 5.74) is 7.63. The van der Waals surface area contributed by atoms with E-state index >= 15 is 0 Å². The zero-order valence-corrected chi connectivity index (χ0v) is 9.84. The van der Waals surface area contributed by atoms with Gasteiger partial charge >= 0.3 is 0 Å². The van der Waals surface area contributed by atoms with E-state index in [4.69, 9.17) is 5.73 Å². The number of hydrogen-bond donors (Lipinski definition) is 2. The number of benzene rings is 1. The molecular weight excluding hydrogens is 224 g/mol. The lowest BCUT2D eigenvalue weighted by atomic mass is 10.1. The summed E-state index contributed by atoms with van der Waals surface area (Å²) in [6.45, 7) is 3.35. The number of fused-ring (bicyclic) bond motifs is 1. The van der Waals surface area contributed by atoms with Gasteiger partial charge in [-0.3, -0.25) is 0 Å².